The smallest absolute Gasteiger partial charge is 0.362 e. The van der Waals surface area contributed by atoms with Crippen LogP contribution in [-0.2, 0) is 28.6 Å². The summed E-state index contributed by atoms with van der Waals surface area (Å²) in [5.74, 6) is -1.47. The average molecular weight is 763 g/mol. The molecule has 0 spiro atoms. The fourth-order valence-corrected chi connectivity index (χ4v) is 6.40. The molecule has 8 heteroatoms. The summed E-state index contributed by atoms with van der Waals surface area (Å²) in [6, 6.07) is -0.612. The minimum atomic E-state index is -0.875. The van der Waals surface area contributed by atoms with Crippen LogP contribution in [0.15, 0.2) is 36.5 Å². The molecule has 54 heavy (non-hydrogen) atoms. The number of carboxylic acid groups (broad SMARTS) is 1. The third-order valence-corrected chi connectivity index (χ3v) is 9.80. The molecule has 0 aliphatic heterocycles. The molecule has 0 radical (unpaired) electrons. The zero-order valence-electron chi connectivity index (χ0n) is 35.7. The maximum absolute atomic E-state index is 12.7. The quantitative estimate of drug-likeness (QED) is 0.0288. The Morgan fingerprint density at radius 2 is 1.04 bits per heavy atom. The van der Waals surface area contributed by atoms with Gasteiger partial charge in [0.25, 0.3) is 0 Å². The van der Waals surface area contributed by atoms with Crippen molar-refractivity contribution in [2.75, 3.05) is 41.0 Å². The summed E-state index contributed by atoms with van der Waals surface area (Å²) in [6.45, 7) is 4.62. The van der Waals surface area contributed by atoms with Gasteiger partial charge < -0.3 is 23.8 Å². The molecule has 1 N–H and O–H groups in total. The van der Waals surface area contributed by atoms with Crippen molar-refractivity contribution >= 4 is 17.9 Å². The molecule has 314 valence electrons. The van der Waals surface area contributed by atoms with Crippen LogP contribution in [-0.4, -0.2) is 80.6 Å². The van der Waals surface area contributed by atoms with Gasteiger partial charge in [0.15, 0.2) is 12.1 Å². The van der Waals surface area contributed by atoms with Crippen LogP contribution >= 0.6 is 0 Å². The summed E-state index contributed by atoms with van der Waals surface area (Å²) in [6.07, 6.45) is 41.9. The molecular formula is C46H84NO7+. The van der Waals surface area contributed by atoms with E-state index in [9.17, 15) is 19.5 Å². The van der Waals surface area contributed by atoms with Gasteiger partial charge in [0.1, 0.15) is 6.61 Å². The number of carboxylic acids is 1. The minimum absolute atomic E-state index is 0.0505. The third-order valence-electron chi connectivity index (χ3n) is 9.80. The van der Waals surface area contributed by atoms with Crippen molar-refractivity contribution in [1.29, 1.82) is 0 Å². The maximum Gasteiger partial charge on any atom is 0.362 e. The lowest BCUT2D eigenvalue weighted by Gasteiger charge is -2.31. The summed E-state index contributed by atoms with van der Waals surface area (Å²) in [7, 11) is 5.52. The number of rotatable bonds is 39. The topological polar surface area (TPSA) is 99.1 Å². The second kappa shape index (κ2) is 37.5. The van der Waals surface area contributed by atoms with Crippen molar-refractivity contribution in [2.24, 2.45) is 0 Å². The van der Waals surface area contributed by atoms with Crippen LogP contribution in [0.2, 0.25) is 0 Å². The summed E-state index contributed by atoms with van der Waals surface area (Å²) in [4.78, 5) is 36.9. The predicted octanol–water partition coefficient (Wildman–Crippen LogP) is 11.9. The van der Waals surface area contributed by atoms with Gasteiger partial charge in [0, 0.05) is 19.3 Å². The predicted molar refractivity (Wildman–Crippen MR) is 225 cm³/mol. The van der Waals surface area contributed by atoms with E-state index < -0.39 is 18.1 Å². The van der Waals surface area contributed by atoms with Gasteiger partial charge in [-0.2, -0.15) is 0 Å². The van der Waals surface area contributed by atoms with Crippen LogP contribution in [0.25, 0.3) is 0 Å². The summed E-state index contributed by atoms with van der Waals surface area (Å²) in [5, 5.41) is 9.60. The van der Waals surface area contributed by atoms with E-state index in [-0.39, 0.29) is 36.2 Å². The summed E-state index contributed by atoms with van der Waals surface area (Å²) in [5.41, 5.74) is 0. The number of nitrogens with zero attached hydrogens (tertiary/aromatic N) is 1. The Hall–Kier alpha value is -2.45. The molecule has 0 bridgehead atoms. The number of likely N-dealkylation sites (N-methyl/N-ethyl adjacent to an activating group) is 1. The zero-order valence-corrected chi connectivity index (χ0v) is 35.7. The van der Waals surface area contributed by atoms with Crippen molar-refractivity contribution in [3.8, 4) is 0 Å². The number of carbonyl (C=O) groups is 3. The monoisotopic (exact) mass is 763 g/mol. The Labute approximate surface area is 332 Å². The SMILES string of the molecule is CC/C=C/C/C=C/C/C=C/CCCCCCCCCCCCC(=O)OCC(COCCC(C(=O)O)[N+](C)(C)C)OC(=O)CCCCCCCCCCCC. The molecule has 0 aromatic rings. The van der Waals surface area contributed by atoms with Crippen LogP contribution in [0, 0.1) is 0 Å². The first-order chi connectivity index (χ1) is 26.1. The van der Waals surface area contributed by atoms with E-state index in [1.807, 2.05) is 21.1 Å². The Kier molecular flexibility index (Phi) is 35.8. The number of allylic oxidation sites excluding steroid dienone is 6. The zero-order chi connectivity index (χ0) is 40.0. The number of aliphatic carboxylic acids is 1. The van der Waals surface area contributed by atoms with Crippen LogP contribution < -0.4 is 0 Å². The first kappa shape index (κ1) is 51.5. The van der Waals surface area contributed by atoms with Crippen LogP contribution in [0.4, 0.5) is 0 Å². The van der Waals surface area contributed by atoms with E-state index in [4.69, 9.17) is 14.2 Å². The van der Waals surface area contributed by atoms with Gasteiger partial charge in [-0.05, 0) is 44.9 Å². The van der Waals surface area contributed by atoms with Crippen molar-refractivity contribution in [2.45, 2.75) is 199 Å². The highest BCUT2D eigenvalue weighted by atomic mass is 16.6. The largest absolute Gasteiger partial charge is 0.477 e. The first-order valence-electron chi connectivity index (χ1n) is 22.0. The molecule has 0 aromatic heterocycles. The van der Waals surface area contributed by atoms with Crippen molar-refractivity contribution < 1.29 is 38.2 Å². The summed E-state index contributed by atoms with van der Waals surface area (Å²) >= 11 is 0. The van der Waals surface area contributed by atoms with E-state index in [0.717, 1.165) is 57.8 Å². The maximum atomic E-state index is 12.7. The fraction of sp³-hybridized carbons (Fsp3) is 0.804. The van der Waals surface area contributed by atoms with Crippen LogP contribution in [0.3, 0.4) is 0 Å². The summed E-state index contributed by atoms with van der Waals surface area (Å²) < 4.78 is 17.3. The normalized spacial score (nSPS) is 13.3. The van der Waals surface area contributed by atoms with Gasteiger partial charge in [-0.3, -0.25) is 9.59 Å². The first-order valence-corrected chi connectivity index (χ1v) is 22.0. The van der Waals surface area contributed by atoms with Gasteiger partial charge in [-0.1, -0.05) is 159 Å². The second-order valence-corrected chi connectivity index (χ2v) is 15.9. The number of hydrogen-bond acceptors (Lipinski definition) is 6. The Bertz CT molecular complexity index is 984. The Balaban J connectivity index is 4.24. The third kappa shape index (κ3) is 35.3. The molecule has 0 saturated carbocycles. The number of hydrogen-bond donors (Lipinski definition) is 1. The number of carbonyl (C=O) groups excluding carboxylic acids is 2. The van der Waals surface area contributed by atoms with E-state index in [1.54, 1.807) is 0 Å². The molecule has 2 atom stereocenters. The molecule has 0 fully saturated rings. The average Bonchev–Trinajstić information content (AvgIpc) is 3.12. The molecule has 0 saturated heterocycles. The molecule has 0 aromatic carbocycles. The van der Waals surface area contributed by atoms with Crippen molar-refractivity contribution in [3.63, 3.8) is 0 Å². The number of ether oxygens (including phenoxy) is 3. The molecule has 2 unspecified atom stereocenters. The van der Waals surface area contributed by atoms with Crippen molar-refractivity contribution in [3.05, 3.63) is 36.5 Å². The highest BCUT2D eigenvalue weighted by Crippen LogP contribution is 2.15. The molecule has 0 aliphatic carbocycles. The van der Waals surface area contributed by atoms with Crippen LogP contribution in [0.5, 0.6) is 0 Å². The number of esters is 2. The molecule has 0 heterocycles. The van der Waals surface area contributed by atoms with E-state index in [0.29, 0.717) is 19.3 Å². The lowest BCUT2D eigenvalue weighted by atomic mass is 10.1. The highest BCUT2D eigenvalue weighted by molar-refractivity contribution is 5.72. The lowest BCUT2D eigenvalue weighted by Crippen LogP contribution is -2.50. The second-order valence-electron chi connectivity index (χ2n) is 15.9. The minimum Gasteiger partial charge on any atom is -0.477 e. The molecule has 0 amide bonds. The number of unbranched alkanes of at least 4 members (excludes halogenated alkanes) is 19. The van der Waals surface area contributed by atoms with Gasteiger partial charge in [0.2, 0.25) is 0 Å². The Morgan fingerprint density at radius 3 is 1.54 bits per heavy atom. The molecule has 0 aliphatic rings. The fourth-order valence-electron chi connectivity index (χ4n) is 6.40. The molecular weight excluding hydrogens is 679 g/mol. The van der Waals surface area contributed by atoms with E-state index >= 15 is 0 Å². The Morgan fingerprint density at radius 1 is 0.574 bits per heavy atom. The van der Waals surface area contributed by atoms with Crippen LogP contribution in [0.1, 0.15) is 187 Å². The van der Waals surface area contributed by atoms with Gasteiger partial charge >= 0.3 is 17.9 Å². The van der Waals surface area contributed by atoms with E-state index in [2.05, 4.69) is 50.3 Å². The van der Waals surface area contributed by atoms with Gasteiger partial charge in [-0.15, -0.1) is 0 Å². The standard InChI is InChI=1S/C46H83NO7/c1-6-8-10-12-14-16-18-19-20-21-22-23-24-25-26-27-29-30-32-34-36-44(48)53-41-42(40-52-39-38-43(46(50)51)47(3,4)5)54-45(49)37-35-33-31-28-17-15-13-11-9-7-2/h8,10,14,16,19-20,42-43H,6-7,9,11-13,15,17-18,21-41H2,1-5H3/p+1/b10-8+,16-14+,20-19+. The number of quaternary nitrogens is 1. The molecule has 8 nitrogen and oxygen atoms in total. The van der Waals surface area contributed by atoms with E-state index in [1.165, 1.54) is 96.3 Å². The van der Waals surface area contributed by atoms with Gasteiger partial charge in [-0.25, -0.2) is 4.79 Å². The molecule has 0 rings (SSSR count). The van der Waals surface area contributed by atoms with Gasteiger partial charge in [0.05, 0.1) is 34.4 Å². The van der Waals surface area contributed by atoms with Crippen molar-refractivity contribution in [1.82, 2.24) is 0 Å². The highest BCUT2D eigenvalue weighted by Gasteiger charge is 2.31. The lowest BCUT2D eigenvalue weighted by molar-refractivity contribution is -0.887.